The average molecular weight is 561 g/mol. The summed E-state index contributed by atoms with van der Waals surface area (Å²) in [5, 5.41) is 13.6. The Morgan fingerprint density at radius 1 is 0.595 bits per heavy atom. The zero-order valence-electron chi connectivity index (χ0n) is 23.4. The molecule has 0 saturated carbocycles. The average Bonchev–Trinajstić information content (AvgIpc) is 3.03. The Bertz CT molecular complexity index is 1620. The van der Waals surface area contributed by atoms with Gasteiger partial charge >= 0.3 is 11.9 Å². The number of benzene rings is 4. The maximum atomic E-state index is 13.1. The lowest BCUT2D eigenvalue weighted by atomic mass is 9.90. The Labute approximate surface area is 245 Å². The first-order chi connectivity index (χ1) is 20.6. The minimum Gasteiger partial charge on any atom is -0.466 e. The number of hydrogen-bond donors (Lipinski definition) is 4. The number of para-hydroxylation sites is 6. The summed E-state index contributed by atoms with van der Waals surface area (Å²) >= 11 is 0. The first-order valence-corrected chi connectivity index (χ1v) is 13.5. The molecule has 42 heavy (non-hydrogen) atoms. The summed E-state index contributed by atoms with van der Waals surface area (Å²) in [6.45, 7) is 0. The highest BCUT2D eigenvalue weighted by molar-refractivity contribution is 5.97. The lowest BCUT2D eigenvalue weighted by molar-refractivity contribution is -0.138. The lowest BCUT2D eigenvalue weighted by Crippen LogP contribution is -2.33. The summed E-state index contributed by atoms with van der Waals surface area (Å²) in [6, 6.07) is 34.3. The van der Waals surface area contributed by atoms with E-state index in [4.69, 9.17) is 9.47 Å². The molecule has 0 bridgehead atoms. The van der Waals surface area contributed by atoms with E-state index in [0.717, 1.165) is 34.1 Å². The lowest BCUT2D eigenvalue weighted by Gasteiger charge is -2.29. The van der Waals surface area contributed by atoms with Crippen LogP contribution in [0.3, 0.4) is 0 Å². The van der Waals surface area contributed by atoms with Crippen LogP contribution in [-0.2, 0) is 19.1 Å². The highest BCUT2D eigenvalue weighted by Gasteiger charge is 2.32. The van der Waals surface area contributed by atoms with Crippen LogP contribution in [0.25, 0.3) is 0 Å². The van der Waals surface area contributed by atoms with E-state index in [9.17, 15) is 9.59 Å². The minimum atomic E-state index is -0.562. The van der Waals surface area contributed by atoms with Crippen LogP contribution in [0.4, 0.5) is 34.1 Å². The molecule has 212 valence electrons. The number of esters is 2. The topological polar surface area (TPSA) is 101 Å². The van der Waals surface area contributed by atoms with Crippen molar-refractivity contribution in [3.8, 4) is 0 Å². The molecule has 5 rings (SSSR count). The van der Waals surface area contributed by atoms with Crippen LogP contribution in [0, 0.1) is 0 Å². The van der Waals surface area contributed by atoms with E-state index >= 15 is 0 Å². The molecule has 1 unspecified atom stereocenters. The summed E-state index contributed by atoms with van der Waals surface area (Å²) in [4.78, 5) is 26.1. The van der Waals surface area contributed by atoms with E-state index in [1.807, 2.05) is 109 Å². The van der Waals surface area contributed by atoms with Crippen molar-refractivity contribution in [1.29, 1.82) is 0 Å². The zero-order valence-corrected chi connectivity index (χ0v) is 23.4. The molecule has 0 amide bonds. The predicted molar refractivity (Wildman–Crippen MR) is 167 cm³/mol. The smallest absolute Gasteiger partial charge is 0.335 e. The molecule has 4 N–H and O–H groups in total. The van der Waals surface area contributed by atoms with Crippen LogP contribution in [0.2, 0.25) is 0 Å². The second-order valence-electron chi connectivity index (χ2n) is 9.57. The van der Waals surface area contributed by atoms with Crippen LogP contribution in [0.1, 0.15) is 6.42 Å². The van der Waals surface area contributed by atoms with Gasteiger partial charge in [-0.25, -0.2) is 9.59 Å². The van der Waals surface area contributed by atoms with Gasteiger partial charge in [0.05, 0.1) is 54.2 Å². The van der Waals surface area contributed by atoms with Crippen LogP contribution in [-0.4, -0.2) is 32.2 Å². The molecule has 0 radical (unpaired) electrons. The van der Waals surface area contributed by atoms with Crippen molar-refractivity contribution in [3.05, 3.63) is 132 Å². The Morgan fingerprint density at radius 3 is 1.57 bits per heavy atom. The van der Waals surface area contributed by atoms with E-state index in [0.29, 0.717) is 16.8 Å². The van der Waals surface area contributed by atoms with Crippen molar-refractivity contribution in [2.75, 3.05) is 35.5 Å². The Kier molecular flexibility index (Phi) is 8.84. The van der Waals surface area contributed by atoms with Gasteiger partial charge in [-0.3, -0.25) is 0 Å². The fraction of sp³-hybridized carbons (Fsp3) is 0.118. The second-order valence-corrected chi connectivity index (χ2v) is 9.57. The van der Waals surface area contributed by atoms with Gasteiger partial charge in [-0.15, -0.1) is 0 Å². The number of methoxy groups -OCH3 is 2. The van der Waals surface area contributed by atoms with Gasteiger partial charge in [0.1, 0.15) is 0 Å². The molecular formula is C34H32N4O4. The normalized spacial score (nSPS) is 14.3. The molecule has 0 fully saturated rings. The summed E-state index contributed by atoms with van der Waals surface area (Å²) in [7, 11) is 2.69. The molecule has 4 aromatic rings. The molecule has 1 aliphatic carbocycles. The Hall–Kier alpha value is -5.50. The molecule has 4 aromatic carbocycles. The molecular weight excluding hydrogens is 528 g/mol. The van der Waals surface area contributed by atoms with Gasteiger partial charge in [-0.1, -0.05) is 60.7 Å². The van der Waals surface area contributed by atoms with Crippen LogP contribution in [0.5, 0.6) is 0 Å². The largest absolute Gasteiger partial charge is 0.466 e. The van der Waals surface area contributed by atoms with Crippen molar-refractivity contribution in [3.63, 3.8) is 0 Å². The number of allylic oxidation sites excluding steroid dienone is 1. The second kappa shape index (κ2) is 13.2. The van der Waals surface area contributed by atoms with E-state index in [1.165, 1.54) is 14.2 Å². The SMILES string of the molecule is COC(=O)C1=CC(Nc2ccccc2Nc2ccccc2)=C(C(=O)OC)CC1Nc1ccccc1Nc1ccccc1. The third-order valence-corrected chi connectivity index (χ3v) is 6.82. The number of hydrogen-bond acceptors (Lipinski definition) is 8. The van der Waals surface area contributed by atoms with Crippen LogP contribution in [0.15, 0.2) is 132 Å². The third-order valence-electron chi connectivity index (χ3n) is 6.82. The molecule has 0 heterocycles. The number of rotatable bonds is 10. The quantitative estimate of drug-likeness (QED) is 0.154. The molecule has 0 saturated heterocycles. The summed E-state index contributed by atoms with van der Waals surface area (Å²) in [6.07, 6.45) is 1.84. The van der Waals surface area contributed by atoms with E-state index in [-0.39, 0.29) is 6.42 Å². The maximum Gasteiger partial charge on any atom is 0.335 e. The number of ether oxygens (including phenoxy) is 2. The highest BCUT2D eigenvalue weighted by Crippen LogP contribution is 2.34. The molecule has 0 spiro atoms. The van der Waals surface area contributed by atoms with Crippen molar-refractivity contribution in [2.24, 2.45) is 0 Å². The summed E-state index contributed by atoms with van der Waals surface area (Å²) in [5.74, 6) is -0.992. The zero-order chi connectivity index (χ0) is 29.3. The number of anilines is 6. The minimum absolute atomic E-state index is 0.184. The molecule has 0 aromatic heterocycles. The Balaban J connectivity index is 1.48. The van der Waals surface area contributed by atoms with Crippen molar-refractivity contribution < 1.29 is 19.1 Å². The third kappa shape index (κ3) is 6.62. The standard InChI is InChI=1S/C34H32N4O4/c1-41-33(39)25-21-32(38-30-20-12-10-18-28(30)36-24-15-7-4-8-16-24)26(34(40)42-2)22-31(25)37-29-19-11-9-17-27(29)35-23-13-5-3-6-14-23/h3-21,31,35-38H,22H2,1-2H3. The molecule has 1 atom stereocenters. The monoisotopic (exact) mass is 560 g/mol. The first-order valence-electron chi connectivity index (χ1n) is 13.5. The van der Waals surface area contributed by atoms with Gasteiger partial charge in [0, 0.05) is 23.5 Å². The van der Waals surface area contributed by atoms with Crippen LogP contribution >= 0.6 is 0 Å². The number of carbonyl (C=O) groups excluding carboxylic acids is 2. The van der Waals surface area contributed by atoms with Gasteiger partial charge < -0.3 is 30.7 Å². The maximum absolute atomic E-state index is 13.1. The number of carbonyl (C=O) groups is 2. The van der Waals surface area contributed by atoms with Crippen molar-refractivity contribution in [1.82, 2.24) is 0 Å². The van der Waals surface area contributed by atoms with Gasteiger partial charge in [-0.05, 0) is 54.6 Å². The molecule has 8 nitrogen and oxygen atoms in total. The molecule has 0 aliphatic heterocycles. The summed E-state index contributed by atoms with van der Waals surface area (Å²) in [5.41, 5.74) is 6.16. The Morgan fingerprint density at radius 2 is 1.05 bits per heavy atom. The molecule has 8 heteroatoms. The van der Waals surface area contributed by atoms with Gasteiger partial charge in [0.15, 0.2) is 0 Å². The summed E-state index contributed by atoms with van der Waals surface area (Å²) < 4.78 is 10.3. The molecule has 1 aliphatic rings. The van der Waals surface area contributed by atoms with E-state index in [1.54, 1.807) is 6.08 Å². The number of nitrogens with one attached hydrogen (secondary N) is 4. The van der Waals surface area contributed by atoms with E-state index in [2.05, 4.69) is 21.3 Å². The van der Waals surface area contributed by atoms with Crippen molar-refractivity contribution >= 4 is 46.1 Å². The van der Waals surface area contributed by atoms with Gasteiger partial charge in [0.2, 0.25) is 0 Å². The van der Waals surface area contributed by atoms with E-state index < -0.39 is 18.0 Å². The predicted octanol–water partition coefficient (Wildman–Crippen LogP) is 7.00. The fourth-order valence-electron chi connectivity index (χ4n) is 4.75. The fourth-order valence-corrected chi connectivity index (χ4v) is 4.75. The van der Waals surface area contributed by atoms with Crippen molar-refractivity contribution in [2.45, 2.75) is 12.5 Å². The van der Waals surface area contributed by atoms with Gasteiger partial charge in [0.25, 0.3) is 0 Å². The van der Waals surface area contributed by atoms with Gasteiger partial charge in [-0.2, -0.15) is 0 Å². The highest BCUT2D eigenvalue weighted by atomic mass is 16.5. The van der Waals surface area contributed by atoms with Crippen LogP contribution < -0.4 is 21.3 Å². The first kappa shape index (κ1) is 28.0.